The molecule has 4 nitrogen and oxygen atoms in total. The second-order valence-corrected chi connectivity index (χ2v) is 7.19. The molecule has 1 aliphatic rings. The first kappa shape index (κ1) is 20.2. The minimum Gasteiger partial charge on any atom is -0.376 e. The lowest BCUT2D eigenvalue weighted by atomic mass is 9.87. The predicted octanol–water partition coefficient (Wildman–Crippen LogP) is 4.41. The van der Waals surface area contributed by atoms with Crippen LogP contribution in [0, 0.1) is 11.7 Å². The molecule has 1 unspecified atom stereocenters. The fourth-order valence-corrected chi connectivity index (χ4v) is 3.90. The van der Waals surface area contributed by atoms with E-state index < -0.39 is 5.82 Å². The molecule has 0 aliphatic carbocycles. The summed E-state index contributed by atoms with van der Waals surface area (Å²) in [5.74, 6) is -0.551. The van der Waals surface area contributed by atoms with Crippen molar-refractivity contribution in [3.63, 3.8) is 0 Å². The van der Waals surface area contributed by atoms with E-state index in [1.807, 2.05) is 23.1 Å². The lowest BCUT2D eigenvalue weighted by Crippen LogP contribution is -2.40. The highest BCUT2D eigenvalue weighted by Gasteiger charge is 2.29. The van der Waals surface area contributed by atoms with Crippen LogP contribution in [0.5, 0.6) is 0 Å². The number of methoxy groups -OCH3 is 1. The Morgan fingerprint density at radius 3 is 2.32 bits per heavy atom. The maximum atomic E-state index is 13.7. The molecule has 1 fully saturated rings. The highest BCUT2D eigenvalue weighted by atomic mass is 19.1. The number of hydrogen-bond acceptors (Lipinski definition) is 3. The maximum absolute atomic E-state index is 13.7. The molecule has 0 spiro atoms. The average molecular weight is 383 g/mol. The highest BCUT2D eigenvalue weighted by molar-refractivity contribution is 5.98. The van der Waals surface area contributed by atoms with Gasteiger partial charge in [0, 0.05) is 33.0 Å². The third kappa shape index (κ3) is 4.84. The minimum absolute atomic E-state index is 0.0288. The fourth-order valence-electron chi connectivity index (χ4n) is 3.90. The van der Waals surface area contributed by atoms with E-state index in [-0.39, 0.29) is 36.2 Å². The zero-order chi connectivity index (χ0) is 19.9. The van der Waals surface area contributed by atoms with Gasteiger partial charge >= 0.3 is 0 Å². The van der Waals surface area contributed by atoms with Crippen LogP contribution in [0.15, 0.2) is 54.6 Å². The van der Waals surface area contributed by atoms with Gasteiger partial charge in [-0.25, -0.2) is 4.39 Å². The molecule has 2 aromatic carbocycles. The maximum Gasteiger partial charge on any atom is 0.223 e. The van der Waals surface area contributed by atoms with Gasteiger partial charge in [0.2, 0.25) is 5.91 Å². The number of carbonyl (C=O) groups is 2. The van der Waals surface area contributed by atoms with Gasteiger partial charge in [-0.2, -0.15) is 0 Å². The van der Waals surface area contributed by atoms with Crippen LogP contribution in [0.3, 0.4) is 0 Å². The minimum atomic E-state index is -0.535. The van der Waals surface area contributed by atoms with E-state index in [4.69, 9.17) is 4.74 Å². The number of amides is 1. The molecule has 0 N–H and O–H groups in total. The van der Waals surface area contributed by atoms with Crippen LogP contribution in [-0.4, -0.2) is 36.8 Å². The summed E-state index contributed by atoms with van der Waals surface area (Å²) in [6.07, 6.45) is 1.90. The van der Waals surface area contributed by atoms with E-state index in [1.54, 1.807) is 19.2 Å². The number of ketones is 1. The smallest absolute Gasteiger partial charge is 0.223 e. The molecule has 148 valence electrons. The van der Waals surface area contributed by atoms with E-state index >= 15 is 0 Å². The van der Waals surface area contributed by atoms with Gasteiger partial charge in [0.05, 0.1) is 11.7 Å². The lowest BCUT2D eigenvalue weighted by Gasteiger charge is -2.35. The molecule has 3 rings (SSSR count). The summed E-state index contributed by atoms with van der Waals surface area (Å²) in [4.78, 5) is 26.5. The Hall–Kier alpha value is -2.53. The van der Waals surface area contributed by atoms with Crippen molar-refractivity contribution in [1.82, 2.24) is 4.90 Å². The Morgan fingerprint density at radius 2 is 1.68 bits per heavy atom. The summed E-state index contributed by atoms with van der Waals surface area (Å²) in [6, 6.07) is 16.0. The number of carbonyl (C=O) groups excluding carboxylic acids is 2. The second-order valence-electron chi connectivity index (χ2n) is 7.19. The Bertz CT molecular complexity index is 801. The van der Waals surface area contributed by atoms with Crippen molar-refractivity contribution >= 4 is 11.7 Å². The summed E-state index contributed by atoms with van der Waals surface area (Å²) < 4.78 is 19.4. The van der Waals surface area contributed by atoms with Crippen molar-refractivity contribution < 1.29 is 18.7 Å². The Balaban J connectivity index is 1.50. The molecule has 2 aromatic rings. The quantitative estimate of drug-likeness (QED) is 0.665. The largest absolute Gasteiger partial charge is 0.376 e. The number of ether oxygens (including phenoxy) is 1. The standard InChI is InChI=1S/C23H26FNO3/c1-28-23(17-7-3-2-4-8-17)18-13-15-25(16-14-18)22(27)12-11-21(26)19-9-5-6-10-20(19)24/h2-10,18,23H,11-16H2,1H3. The number of likely N-dealkylation sites (tertiary alicyclic amines) is 1. The fraction of sp³-hybridized carbons (Fsp3) is 0.391. The number of benzene rings is 2. The molecule has 1 heterocycles. The normalized spacial score (nSPS) is 16.0. The first-order valence-corrected chi connectivity index (χ1v) is 9.73. The number of Topliss-reactive ketones (excluding diaryl/α,β-unsaturated/α-hetero) is 1. The number of rotatable bonds is 7. The third-order valence-corrected chi connectivity index (χ3v) is 5.44. The van der Waals surface area contributed by atoms with Crippen LogP contribution in [0.25, 0.3) is 0 Å². The van der Waals surface area contributed by atoms with Crippen LogP contribution < -0.4 is 0 Å². The van der Waals surface area contributed by atoms with E-state index in [1.165, 1.54) is 12.1 Å². The van der Waals surface area contributed by atoms with Crippen LogP contribution in [0.2, 0.25) is 0 Å². The van der Waals surface area contributed by atoms with Crippen molar-refractivity contribution in [3.8, 4) is 0 Å². The Kier molecular flexibility index (Phi) is 6.93. The Labute approximate surface area is 165 Å². The molecular formula is C23H26FNO3. The van der Waals surface area contributed by atoms with Gasteiger partial charge in [-0.1, -0.05) is 42.5 Å². The summed E-state index contributed by atoms with van der Waals surface area (Å²) in [5, 5.41) is 0. The van der Waals surface area contributed by atoms with Crippen molar-refractivity contribution in [2.45, 2.75) is 31.8 Å². The second kappa shape index (κ2) is 9.60. The summed E-state index contributed by atoms with van der Waals surface area (Å²) in [6.45, 7) is 1.31. The van der Waals surface area contributed by atoms with Crippen LogP contribution in [0.4, 0.5) is 4.39 Å². The SMILES string of the molecule is COC(c1ccccc1)C1CCN(C(=O)CCC(=O)c2ccccc2F)CC1. The van der Waals surface area contributed by atoms with E-state index in [2.05, 4.69) is 12.1 Å². The van der Waals surface area contributed by atoms with Gasteiger partial charge in [0.25, 0.3) is 0 Å². The van der Waals surface area contributed by atoms with Crippen LogP contribution >= 0.6 is 0 Å². The van der Waals surface area contributed by atoms with Crippen LogP contribution in [-0.2, 0) is 9.53 Å². The van der Waals surface area contributed by atoms with Crippen molar-refractivity contribution in [1.29, 1.82) is 0 Å². The topological polar surface area (TPSA) is 46.6 Å². The first-order valence-electron chi connectivity index (χ1n) is 9.73. The molecule has 1 saturated heterocycles. The van der Waals surface area contributed by atoms with E-state index in [0.29, 0.717) is 19.0 Å². The monoisotopic (exact) mass is 383 g/mol. The molecule has 0 bridgehead atoms. The summed E-state index contributed by atoms with van der Waals surface area (Å²) in [5.41, 5.74) is 1.21. The molecule has 0 saturated carbocycles. The zero-order valence-electron chi connectivity index (χ0n) is 16.1. The van der Waals surface area contributed by atoms with Crippen molar-refractivity contribution in [2.24, 2.45) is 5.92 Å². The van der Waals surface area contributed by atoms with Gasteiger partial charge < -0.3 is 9.64 Å². The van der Waals surface area contributed by atoms with Crippen molar-refractivity contribution in [3.05, 3.63) is 71.5 Å². The average Bonchev–Trinajstić information content (AvgIpc) is 2.74. The Morgan fingerprint density at radius 1 is 1.04 bits per heavy atom. The molecule has 5 heteroatoms. The van der Waals surface area contributed by atoms with Crippen LogP contribution in [0.1, 0.15) is 47.7 Å². The first-order chi connectivity index (χ1) is 13.6. The molecule has 28 heavy (non-hydrogen) atoms. The number of halogens is 1. The molecule has 1 aliphatic heterocycles. The molecule has 0 aromatic heterocycles. The third-order valence-electron chi connectivity index (χ3n) is 5.44. The number of hydrogen-bond donors (Lipinski definition) is 0. The number of piperidine rings is 1. The summed E-state index contributed by atoms with van der Waals surface area (Å²) >= 11 is 0. The number of nitrogens with zero attached hydrogens (tertiary/aromatic N) is 1. The van der Waals surface area contributed by atoms with E-state index in [0.717, 1.165) is 18.4 Å². The predicted molar refractivity (Wildman–Crippen MR) is 105 cm³/mol. The lowest BCUT2D eigenvalue weighted by molar-refractivity contribution is -0.133. The highest BCUT2D eigenvalue weighted by Crippen LogP contribution is 2.33. The molecule has 0 radical (unpaired) electrons. The molecular weight excluding hydrogens is 357 g/mol. The van der Waals surface area contributed by atoms with Gasteiger partial charge in [0.15, 0.2) is 5.78 Å². The molecule has 1 atom stereocenters. The van der Waals surface area contributed by atoms with E-state index in [9.17, 15) is 14.0 Å². The van der Waals surface area contributed by atoms with Crippen molar-refractivity contribution in [2.75, 3.05) is 20.2 Å². The summed E-state index contributed by atoms with van der Waals surface area (Å²) in [7, 11) is 1.73. The molecule has 1 amide bonds. The van der Waals surface area contributed by atoms with Gasteiger partial charge in [-0.3, -0.25) is 9.59 Å². The zero-order valence-corrected chi connectivity index (χ0v) is 16.1. The van der Waals surface area contributed by atoms with Gasteiger partial charge in [0.1, 0.15) is 5.82 Å². The van der Waals surface area contributed by atoms with Gasteiger partial charge in [-0.05, 0) is 36.5 Å². The van der Waals surface area contributed by atoms with Gasteiger partial charge in [-0.15, -0.1) is 0 Å².